The molecule has 0 radical (unpaired) electrons. The molecule has 0 spiro atoms. The van der Waals surface area contributed by atoms with Gasteiger partial charge in [-0.15, -0.1) is 0 Å². The monoisotopic (exact) mass is 357 g/mol. The average Bonchev–Trinajstić information content (AvgIpc) is 2.88. The lowest BCUT2D eigenvalue weighted by molar-refractivity contribution is -0.139. The largest absolute Gasteiger partial charge is 0.491 e. The molecule has 26 heavy (non-hydrogen) atoms. The van der Waals surface area contributed by atoms with Gasteiger partial charge >= 0.3 is 11.9 Å². The highest BCUT2D eigenvalue weighted by Gasteiger charge is 2.28. The second kappa shape index (κ2) is 8.89. The molecule has 138 valence electrons. The lowest BCUT2D eigenvalue weighted by Gasteiger charge is -2.25. The highest BCUT2D eigenvalue weighted by molar-refractivity contribution is 6.05. The van der Waals surface area contributed by atoms with Crippen LogP contribution in [0, 0.1) is 5.92 Å². The zero-order chi connectivity index (χ0) is 19.1. The van der Waals surface area contributed by atoms with E-state index in [1.165, 1.54) is 20.3 Å². The molecule has 1 aromatic rings. The number of carbonyl (C=O) groups is 2. The van der Waals surface area contributed by atoms with E-state index in [-0.39, 0.29) is 11.3 Å². The van der Waals surface area contributed by atoms with Gasteiger partial charge in [0.25, 0.3) is 0 Å². The number of esters is 2. The standard InChI is InChI=1S/C20H23NO5/c1-14(2)13-26-17-11-6-5-10-16(17)21-12-8-7-9-15(19(22)24-3)18(21)20(23)25-4/h5-12,14H,13H2,1-4H3. The van der Waals surface area contributed by atoms with Crippen LogP contribution in [0.4, 0.5) is 5.69 Å². The number of nitrogens with zero attached hydrogens (tertiary/aromatic N) is 1. The van der Waals surface area contributed by atoms with Crippen molar-refractivity contribution in [3.63, 3.8) is 0 Å². The maximum Gasteiger partial charge on any atom is 0.355 e. The Bertz CT molecular complexity index is 761. The molecule has 1 aliphatic rings. The Morgan fingerprint density at radius 3 is 2.38 bits per heavy atom. The molecular weight excluding hydrogens is 334 g/mol. The molecule has 0 fully saturated rings. The van der Waals surface area contributed by atoms with Gasteiger partial charge in [-0.2, -0.15) is 0 Å². The predicted molar refractivity (Wildman–Crippen MR) is 98.6 cm³/mol. The molecule has 0 atom stereocenters. The molecular formula is C20H23NO5. The number of methoxy groups -OCH3 is 2. The second-order valence-electron chi connectivity index (χ2n) is 5.99. The van der Waals surface area contributed by atoms with E-state index in [4.69, 9.17) is 14.2 Å². The number of anilines is 1. The van der Waals surface area contributed by atoms with E-state index in [2.05, 4.69) is 0 Å². The minimum absolute atomic E-state index is 0.0601. The van der Waals surface area contributed by atoms with Gasteiger partial charge in [0.2, 0.25) is 0 Å². The number of hydrogen-bond donors (Lipinski definition) is 0. The van der Waals surface area contributed by atoms with E-state index in [9.17, 15) is 9.59 Å². The van der Waals surface area contributed by atoms with Crippen molar-refractivity contribution < 1.29 is 23.8 Å². The Labute approximate surface area is 153 Å². The van der Waals surface area contributed by atoms with Crippen LogP contribution in [0.3, 0.4) is 0 Å². The minimum Gasteiger partial charge on any atom is -0.491 e. The number of carbonyl (C=O) groups excluding carboxylic acids is 2. The highest BCUT2D eigenvalue weighted by Crippen LogP contribution is 2.34. The van der Waals surface area contributed by atoms with Crippen molar-refractivity contribution in [3.8, 4) is 5.75 Å². The second-order valence-corrected chi connectivity index (χ2v) is 5.99. The van der Waals surface area contributed by atoms with E-state index in [0.717, 1.165) is 0 Å². The predicted octanol–water partition coefficient (Wildman–Crippen LogP) is 3.21. The van der Waals surface area contributed by atoms with Crippen LogP contribution in [0.25, 0.3) is 0 Å². The topological polar surface area (TPSA) is 65.1 Å². The SMILES string of the molecule is COC(=O)C1=C(C(=O)OC)N(c2ccccc2OCC(C)C)C=CC=C1. The molecule has 6 heteroatoms. The van der Waals surface area contributed by atoms with Crippen LogP contribution in [0.5, 0.6) is 5.75 Å². The third-order valence-corrected chi connectivity index (χ3v) is 3.59. The van der Waals surface area contributed by atoms with E-state index in [1.807, 2.05) is 38.1 Å². The summed E-state index contributed by atoms with van der Waals surface area (Å²) < 4.78 is 15.6. The molecule has 0 saturated heterocycles. The molecule has 0 bridgehead atoms. The van der Waals surface area contributed by atoms with Crippen LogP contribution in [0.15, 0.2) is 60.0 Å². The van der Waals surface area contributed by atoms with Crippen LogP contribution in [-0.2, 0) is 19.1 Å². The van der Waals surface area contributed by atoms with Crippen molar-refractivity contribution in [1.82, 2.24) is 0 Å². The van der Waals surface area contributed by atoms with E-state index in [0.29, 0.717) is 24.0 Å². The van der Waals surface area contributed by atoms with Crippen molar-refractivity contribution in [2.45, 2.75) is 13.8 Å². The smallest absolute Gasteiger partial charge is 0.355 e. The fraction of sp³-hybridized carbons (Fsp3) is 0.300. The summed E-state index contributed by atoms with van der Waals surface area (Å²) >= 11 is 0. The summed E-state index contributed by atoms with van der Waals surface area (Å²) in [7, 11) is 2.53. The molecule has 0 amide bonds. The van der Waals surface area contributed by atoms with Gasteiger partial charge in [0.05, 0.1) is 32.1 Å². The molecule has 0 aromatic heterocycles. The van der Waals surface area contributed by atoms with Crippen LogP contribution >= 0.6 is 0 Å². The lowest BCUT2D eigenvalue weighted by atomic mass is 10.1. The summed E-state index contributed by atoms with van der Waals surface area (Å²) in [5.74, 6) is -0.347. The number of allylic oxidation sites excluding steroid dienone is 2. The van der Waals surface area contributed by atoms with Crippen molar-refractivity contribution in [3.05, 3.63) is 60.0 Å². The van der Waals surface area contributed by atoms with E-state index in [1.54, 1.807) is 23.3 Å². The molecule has 0 saturated carbocycles. The first-order chi connectivity index (χ1) is 12.5. The third kappa shape index (κ3) is 4.33. The fourth-order valence-corrected chi connectivity index (χ4v) is 2.39. The van der Waals surface area contributed by atoms with Gasteiger partial charge in [0.1, 0.15) is 11.4 Å². The van der Waals surface area contributed by atoms with Gasteiger partial charge in [0, 0.05) is 6.20 Å². The normalized spacial score (nSPS) is 13.7. The number of benzene rings is 1. The Morgan fingerprint density at radius 1 is 1.04 bits per heavy atom. The number of rotatable bonds is 6. The first kappa shape index (κ1) is 19.3. The van der Waals surface area contributed by atoms with Crippen LogP contribution in [-0.4, -0.2) is 32.8 Å². The van der Waals surface area contributed by atoms with Crippen LogP contribution in [0.1, 0.15) is 13.8 Å². The van der Waals surface area contributed by atoms with Gasteiger partial charge in [-0.1, -0.05) is 32.1 Å². The van der Waals surface area contributed by atoms with E-state index >= 15 is 0 Å². The fourth-order valence-electron chi connectivity index (χ4n) is 2.39. The summed E-state index contributed by atoms with van der Waals surface area (Å²) in [6, 6.07) is 7.30. The Kier molecular flexibility index (Phi) is 6.60. The zero-order valence-electron chi connectivity index (χ0n) is 15.4. The van der Waals surface area contributed by atoms with Crippen LogP contribution in [0.2, 0.25) is 0 Å². The van der Waals surface area contributed by atoms with Crippen molar-refractivity contribution >= 4 is 17.6 Å². The minimum atomic E-state index is -0.653. The Morgan fingerprint density at radius 2 is 1.73 bits per heavy atom. The molecule has 1 heterocycles. The van der Waals surface area contributed by atoms with Crippen molar-refractivity contribution in [2.75, 3.05) is 25.7 Å². The van der Waals surface area contributed by atoms with Gasteiger partial charge in [-0.3, -0.25) is 0 Å². The summed E-state index contributed by atoms with van der Waals surface area (Å²) in [5, 5.41) is 0. The maximum atomic E-state index is 12.5. The molecule has 0 aliphatic carbocycles. The van der Waals surface area contributed by atoms with Gasteiger partial charge in [-0.25, -0.2) is 9.59 Å². The number of para-hydroxylation sites is 2. The zero-order valence-corrected chi connectivity index (χ0v) is 15.4. The summed E-state index contributed by atoms with van der Waals surface area (Å²) in [6.45, 7) is 4.62. The first-order valence-corrected chi connectivity index (χ1v) is 8.26. The quantitative estimate of drug-likeness (QED) is 0.729. The summed E-state index contributed by atoms with van der Waals surface area (Å²) in [4.78, 5) is 26.3. The molecule has 0 unspecified atom stereocenters. The van der Waals surface area contributed by atoms with Gasteiger partial charge in [-0.05, 0) is 30.2 Å². The molecule has 1 aromatic carbocycles. The Hall–Kier alpha value is -3.02. The molecule has 0 N–H and O–H groups in total. The van der Waals surface area contributed by atoms with Gasteiger partial charge in [0.15, 0.2) is 0 Å². The van der Waals surface area contributed by atoms with Crippen molar-refractivity contribution in [1.29, 1.82) is 0 Å². The average molecular weight is 357 g/mol. The lowest BCUT2D eigenvalue weighted by Crippen LogP contribution is -2.27. The number of ether oxygens (including phenoxy) is 3. The summed E-state index contributed by atoms with van der Waals surface area (Å²) in [6.07, 6.45) is 6.58. The molecule has 1 aliphatic heterocycles. The van der Waals surface area contributed by atoms with E-state index < -0.39 is 11.9 Å². The number of hydrogen-bond acceptors (Lipinski definition) is 6. The Balaban J connectivity index is 2.59. The van der Waals surface area contributed by atoms with Crippen molar-refractivity contribution in [2.24, 2.45) is 5.92 Å². The van der Waals surface area contributed by atoms with Crippen LogP contribution < -0.4 is 9.64 Å². The first-order valence-electron chi connectivity index (χ1n) is 8.26. The molecule has 2 rings (SSSR count). The van der Waals surface area contributed by atoms with Gasteiger partial charge < -0.3 is 19.1 Å². The summed E-state index contributed by atoms with van der Waals surface area (Å²) in [5.41, 5.74) is 0.780. The highest BCUT2D eigenvalue weighted by atomic mass is 16.5. The molecule has 6 nitrogen and oxygen atoms in total. The third-order valence-electron chi connectivity index (χ3n) is 3.59. The maximum absolute atomic E-state index is 12.5.